The lowest BCUT2D eigenvalue weighted by Crippen LogP contribution is -2.15. The monoisotopic (exact) mass is 432 g/mol. The molecule has 2 aromatic rings. The number of nitrogens with zero attached hydrogens (tertiary/aromatic N) is 2. The Kier molecular flexibility index (Phi) is 5.20. The fourth-order valence-electron chi connectivity index (χ4n) is 2.44. The van der Waals surface area contributed by atoms with E-state index in [9.17, 15) is 22.8 Å². The van der Waals surface area contributed by atoms with Gasteiger partial charge < -0.3 is 9.15 Å². The molecule has 11 heteroatoms. The van der Waals surface area contributed by atoms with Gasteiger partial charge in [-0.3, -0.25) is 4.79 Å². The van der Waals surface area contributed by atoms with E-state index in [1.54, 1.807) is 13.0 Å². The fraction of sp³-hybridized carbons (Fsp3) is 0.235. The van der Waals surface area contributed by atoms with E-state index in [2.05, 4.69) is 22.3 Å². The topological polar surface area (TPSA) is 74.3 Å². The van der Waals surface area contributed by atoms with Crippen molar-refractivity contribution >= 4 is 41.3 Å². The zero-order valence-corrected chi connectivity index (χ0v) is 16.0. The third-order valence-electron chi connectivity index (χ3n) is 3.81. The zero-order valence-electron chi connectivity index (χ0n) is 14.4. The van der Waals surface area contributed by atoms with Crippen molar-refractivity contribution < 1.29 is 27.1 Å². The number of hydrogen-bond donors (Lipinski definition) is 1. The molecule has 0 N–H and O–H groups in total. The third-order valence-corrected chi connectivity index (χ3v) is 4.30. The summed E-state index contributed by atoms with van der Waals surface area (Å²) in [5, 5.41) is -0.574. The number of hydrogen-bond acceptors (Lipinski definition) is 6. The average molecular weight is 433 g/mol. The van der Waals surface area contributed by atoms with E-state index in [0.29, 0.717) is 17.3 Å². The van der Waals surface area contributed by atoms with Crippen molar-refractivity contribution in [1.29, 1.82) is 0 Å². The molecule has 0 saturated carbocycles. The molecule has 0 radical (unpaired) electrons. The molecule has 1 atom stereocenters. The number of halogens is 4. The van der Waals surface area contributed by atoms with Gasteiger partial charge in [0, 0.05) is 11.8 Å². The number of oxazole rings is 1. The van der Waals surface area contributed by atoms with Crippen molar-refractivity contribution in [2.24, 2.45) is 0 Å². The second-order valence-corrected chi connectivity index (χ2v) is 6.98. The highest BCUT2D eigenvalue weighted by Gasteiger charge is 2.33. The summed E-state index contributed by atoms with van der Waals surface area (Å²) in [5.41, 5.74) is 1.61. The molecule has 0 aliphatic heterocycles. The Morgan fingerprint density at radius 3 is 2.54 bits per heavy atom. The van der Waals surface area contributed by atoms with E-state index < -0.39 is 17.5 Å². The smallest absolute Gasteiger partial charge is 0.425 e. The van der Waals surface area contributed by atoms with Crippen molar-refractivity contribution in [3.63, 3.8) is 0 Å². The Balaban J connectivity index is 0.000000279. The summed E-state index contributed by atoms with van der Waals surface area (Å²) in [6.07, 6.45) is -3.91. The summed E-state index contributed by atoms with van der Waals surface area (Å²) < 4.78 is 48.2. The maximum absolute atomic E-state index is 12.6. The van der Waals surface area contributed by atoms with E-state index in [4.69, 9.17) is 16.0 Å². The number of esters is 1. The molecule has 28 heavy (non-hydrogen) atoms. The first-order chi connectivity index (χ1) is 13.0. The van der Waals surface area contributed by atoms with E-state index in [-0.39, 0.29) is 22.1 Å². The molecule has 2 aliphatic carbocycles. The molecule has 2 aromatic heterocycles. The average Bonchev–Trinajstić information content (AvgIpc) is 3.17. The molecular weight excluding hydrogens is 421 g/mol. The van der Waals surface area contributed by atoms with Crippen LogP contribution in [-0.4, -0.2) is 27.9 Å². The molecule has 6 nitrogen and oxygen atoms in total. The number of alkyl halides is 3. The number of carbonyl (C=O) groups is 1. The molecule has 148 valence electrons. The van der Waals surface area contributed by atoms with Crippen LogP contribution >= 0.6 is 24.2 Å². The summed E-state index contributed by atoms with van der Waals surface area (Å²) >= 11 is 9.66. The van der Waals surface area contributed by atoms with Gasteiger partial charge in [0.05, 0.1) is 22.9 Å². The van der Waals surface area contributed by atoms with Gasteiger partial charge in [-0.2, -0.15) is 25.8 Å². The number of carbonyl (C=O) groups excluding carboxylic acids is 1. The minimum Gasteiger partial charge on any atom is -0.468 e. The zero-order chi connectivity index (χ0) is 20.8. The molecule has 0 bridgehead atoms. The van der Waals surface area contributed by atoms with Crippen LogP contribution in [0.15, 0.2) is 33.6 Å². The fourth-order valence-corrected chi connectivity index (χ4v) is 2.80. The van der Waals surface area contributed by atoms with Crippen molar-refractivity contribution in [3.05, 3.63) is 45.5 Å². The standard InChI is InChI=1S/C13H4ClF3N2O2.C4H8O2S/c14-8-3-6(13(15,16)17)4-18-11(8)19-10-7-1-5(7)2-9(10)21-12(19)20;1-3(7)4(5)6-2/h1-4H;3,7H,1-2H3. The lowest BCUT2D eigenvalue weighted by atomic mass is 10.2. The molecule has 0 amide bonds. The van der Waals surface area contributed by atoms with Crippen molar-refractivity contribution in [3.8, 4) is 16.9 Å². The second kappa shape index (κ2) is 7.17. The van der Waals surface area contributed by atoms with Crippen molar-refractivity contribution in [2.45, 2.75) is 18.3 Å². The largest absolute Gasteiger partial charge is 0.468 e. The van der Waals surface area contributed by atoms with Gasteiger partial charge >= 0.3 is 17.9 Å². The van der Waals surface area contributed by atoms with E-state index >= 15 is 0 Å². The highest BCUT2D eigenvalue weighted by atomic mass is 35.5. The first-order valence-corrected chi connectivity index (χ1v) is 8.63. The number of methoxy groups -OCH3 is 1. The summed E-state index contributed by atoms with van der Waals surface area (Å²) in [4.78, 5) is 25.8. The van der Waals surface area contributed by atoms with Gasteiger partial charge in [-0.1, -0.05) is 11.6 Å². The van der Waals surface area contributed by atoms with Crippen LogP contribution in [0, 0.1) is 0 Å². The maximum Gasteiger partial charge on any atom is 0.425 e. The first kappa shape index (κ1) is 20.3. The molecule has 0 spiro atoms. The second-order valence-electron chi connectivity index (χ2n) is 5.80. The van der Waals surface area contributed by atoms with Crippen molar-refractivity contribution in [2.75, 3.05) is 7.11 Å². The van der Waals surface area contributed by atoms with Gasteiger partial charge in [0.2, 0.25) is 0 Å². The minimum atomic E-state index is -4.55. The van der Waals surface area contributed by atoms with Crippen LogP contribution in [-0.2, 0) is 15.7 Å². The van der Waals surface area contributed by atoms with E-state index in [0.717, 1.165) is 21.8 Å². The van der Waals surface area contributed by atoms with Crippen LogP contribution < -0.4 is 5.76 Å². The van der Waals surface area contributed by atoms with Crippen LogP contribution in [0.3, 0.4) is 0 Å². The number of benzene rings is 1. The number of aromatic nitrogens is 2. The molecule has 4 rings (SSSR count). The van der Waals surface area contributed by atoms with Gasteiger partial charge in [-0.05, 0) is 30.7 Å². The Labute approximate surface area is 166 Å². The molecule has 0 fully saturated rings. The summed E-state index contributed by atoms with van der Waals surface area (Å²) in [7, 11) is 1.34. The Bertz CT molecular complexity index is 1140. The summed E-state index contributed by atoms with van der Waals surface area (Å²) in [5.74, 6) is -1.11. The van der Waals surface area contributed by atoms with Gasteiger partial charge in [0.1, 0.15) is 5.52 Å². The van der Waals surface area contributed by atoms with Crippen LogP contribution in [0.25, 0.3) is 28.0 Å². The number of fused-ring (bicyclic) bond motifs is 3. The van der Waals surface area contributed by atoms with E-state index in [1.165, 1.54) is 7.11 Å². The highest BCUT2D eigenvalue weighted by molar-refractivity contribution is 7.81. The first-order valence-electron chi connectivity index (χ1n) is 7.73. The van der Waals surface area contributed by atoms with Gasteiger partial charge in [0.15, 0.2) is 11.4 Å². The lowest BCUT2D eigenvalue weighted by Gasteiger charge is -2.09. The van der Waals surface area contributed by atoms with E-state index in [1.807, 2.05) is 6.07 Å². The Morgan fingerprint density at radius 1 is 1.36 bits per heavy atom. The molecule has 0 saturated heterocycles. The predicted molar refractivity (Wildman–Crippen MR) is 99.1 cm³/mol. The number of thiol groups is 1. The highest BCUT2D eigenvalue weighted by Crippen LogP contribution is 2.43. The van der Waals surface area contributed by atoms with Crippen LogP contribution in [0.1, 0.15) is 12.5 Å². The normalized spacial score (nSPS) is 13.0. The van der Waals surface area contributed by atoms with Crippen LogP contribution in [0.2, 0.25) is 5.02 Å². The van der Waals surface area contributed by atoms with Gasteiger partial charge in [-0.25, -0.2) is 14.3 Å². The minimum absolute atomic E-state index is 0.0814. The Hall–Kier alpha value is -2.46. The van der Waals surface area contributed by atoms with Gasteiger partial charge in [-0.15, -0.1) is 0 Å². The quantitative estimate of drug-likeness (QED) is 0.381. The number of rotatable bonds is 2. The third kappa shape index (κ3) is 3.74. The lowest BCUT2D eigenvalue weighted by molar-refractivity contribution is -0.139. The molecule has 2 aliphatic rings. The number of ether oxygens (including phenoxy) is 1. The van der Waals surface area contributed by atoms with Crippen LogP contribution in [0.4, 0.5) is 13.2 Å². The number of pyridine rings is 1. The van der Waals surface area contributed by atoms with Crippen LogP contribution in [0.5, 0.6) is 0 Å². The molecule has 2 heterocycles. The Morgan fingerprint density at radius 2 is 2.04 bits per heavy atom. The summed E-state index contributed by atoms with van der Waals surface area (Å²) in [6, 6.07) is 4.24. The molecule has 1 unspecified atom stereocenters. The SMILES string of the molecule is COC(=O)C(C)S.O=c1oc2cc3cc-3c2n1-c1ncc(C(F)(F)F)cc1Cl. The summed E-state index contributed by atoms with van der Waals surface area (Å²) in [6.45, 7) is 1.66. The predicted octanol–water partition coefficient (Wildman–Crippen LogP) is 4.11. The maximum atomic E-state index is 12.6. The van der Waals surface area contributed by atoms with Gasteiger partial charge in [0.25, 0.3) is 0 Å². The molecule has 0 aromatic carbocycles. The van der Waals surface area contributed by atoms with Crippen molar-refractivity contribution in [1.82, 2.24) is 9.55 Å². The molecular formula is C17H12ClF3N2O4S.